The molecule has 33 nitrogen and oxygen atoms in total. The molecule has 0 saturated carbocycles. The van der Waals surface area contributed by atoms with Crippen LogP contribution in [0.5, 0.6) is 0 Å². The van der Waals surface area contributed by atoms with E-state index >= 15 is 0 Å². The van der Waals surface area contributed by atoms with Crippen LogP contribution in [0.25, 0.3) is 0 Å². The Hall–Kier alpha value is -1.62. The maximum atomic E-state index is 12.4. The lowest BCUT2D eigenvalue weighted by molar-refractivity contribution is -0.361. The zero-order chi connectivity index (χ0) is 44.3. The van der Waals surface area contributed by atoms with Crippen LogP contribution < -0.4 is 14.2 Å². The number of rotatable bonds is 20. The summed E-state index contributed by atoms with van der Waals surface area (Å²) in [6.45, 7) is -4.34. The highest BCUT2D eigenvalue weighted by molar-refractivity contribution is 7.84. The minimum Gasteiger partial charge on any atom is -0.479 e. The van der Waals surface area contributed by atoms with E-state index in [1.807, 2.05) is 0 Å². The van der Waals surface area contributed by atoms with Gasteiger partial charge < -0.3 is 59.1 Å². The molecule has 3 rings (SSSR count). The Morgan fingerprint density at radius 2 is 1.03 bits per heavy atom. The molecular weight excluding hydrogens is 923 g/mol. The Kier molecular flexibility index (Phi) is 17.2. The van der Waals surface area contributed by atoms with Crippen LogP contribution in [0.4, 0.5) is 0 Å². The fourth-order valence-electron chi connectivity index (χ4n) is 5.41. The Morgan fingerprint density at radius 3 is 1.52 bits per heavy atom. The van der Waals surface area contributed by atoms with Crippen molar-refractivity contribution in [2.75, 3.05) is 26.4 Å². The van der Waals surface area contributed by atoms with E-state index < -0.39 is 176 Å². The summed E-state index contributed by atoms with van der Waals surface area (Å²) in [5, 5.41) is 64.1. The Bertz CT molecular complexity index is 1970. The van der Waals surface area contributed by atoms with E-state index in [0.29, 0.717) is 0 Å². The van der Waals surface area contributed by atoms with E-state index in [-0.39, 0.29) is 0 Å². The summed E-state index contributed by atoms with van der Waals surface area (Å²) in [6, 6.07) is -4.62. The third-order valence-electron chi connectivity index (χ3n) is 7.75. The van der Waals surface area contributed by atoms with Crippen LogP contribution in [-0.2, 0) is 93.3 Å². The molecule has 38 heteroatoms. The lowest BCUT2D eigenvalue weighted by atomic mass is 9.95. The van der Waals surface area contributed by atoms with Crippen molar-refractivity contribution in [2.45, 2.75) is 92.0 Å². The second-order valence-corrected chi connectivity index (χ2v) is 17.7. The summed E-state index contributed by atoms with van der Waals surface area (Å²) in [4.78, 5) is 12.4. The fraction of sp³-hybridized carbons (Fsp3) is 0.950. The minimum atomic E-state index is -5.38. The first-order valence-corrected chi connectivity index (χ1v) is 22.3. The van der Waals surface area contributed by atoms with Crippen LogP contribution in [0, 0.1) is 0 Å². The number of carboxylic acids is 1. The predicted octanol–water partition coefficient (Wildman–Crippen LogP) is -9.61. The highest BCUT2D eigenvalue weighted by atomic mass is 32.3. The first-order chi connectivity index (χ1) is 26.3. The lowest BCUT2D eigenvalue weighted by Gasteiger charge is -2.48. The van der Waals surface area contributed by atoms with Crippen molar-refractivity contribution in [3.8, 4) is 0 Å². The van der Waals surface area contributed by atoms with Gasteiger partial charge in [0.2, 0.25) is 0 Å². The molecular formula is C20H37N3O30S5. The molecule has 14 N–H and O–H groups in total. The quantitative estimate of drug-likeness (QED) is 0.0398. The molecule has 3 fully saturated rings. The predicted molar refractivity (Wildman–Crippen MR) is 171 cm³/mol. The van der Waals surface area contributed by atoms with E-state index in [2.05, 4.69) is 8.37 Å². The van der Waals surface area contributed by atoms with Gasteiger partial charge in [0.05, 0.1) is 19.8 Å². The van der Waals surface area contributed by atoms with Crippen LogP contribution in [0.15, 0.2) is 0 Å². The number of carbonyl (C=O) groups is 1. The van der Waals surface area contributed by atoms with Crippen molar-refractivity contribution in [1.29, 1.82) is 0 Å². The summed E-state index contributed by atoms with van der Waals surface area (Å²) >= 11 is 0. The van der Waals surface area contributed by atoms with Gasteiger partial charge in [0.1, 0.15) is 67.0 Å². The van der Waals surface area contributed by atoms with Crippen LogP contribution in [0.2, 0.25) is 0 Å². The van der Waals surface area contributed by atoms with Gasteiger partial charge in [-0.2, -0.15) is 56.3 Å². The topological polar surface area (TPSA) is 520 Å². The third kappa shape index (κ3) is 15.4. The highest BCUT2D eigenvalue weighted by Crippen LogP contribution is 2.33. The van der Waals surface area contributed by atoms with E-state index in [1.54, 1.807) is 0 Å². The number of aliphatic hydroxyl groups excluding tert-OH is 5. The van der Waals surface area contributed by atoms with Crippen LogP contribution in [0.1, 0.15) is 0 Å². The molecule has 342 valence electrons. The number of carboxylic acid groups (broad SMARTS) is 1. The third-order valence-corrected chi connectivity index (χ3v) is 10.3. The molecule has 0 aromatic heterocycles. The molecule has 3 heterocycles. The monoisotopic (exact) mass is 959 g/mol. The molecule has 15 atom stereocenters. The highest BCUT2D eigenvalue weighted by Gasteiger charge is 2.56. The Morgan fingerprint density at radius 1 is 0.552 bits per heavy atom. The molecule has 3 aliphatic heterocycles. The molecule has 0 aliphatic carbocycles. The zero-order valence-electron chi connectivity index (χ0n) is 28.2. The second kappa shape index (κ2) is 19.6. The van der Waals surface area contributed by atoms with E-state index in [9.17, 15) is 86.6 Å². The number of aliphatic hydroxyl groups is 5. The first-order valence-electron chi connectivity index (χ1n) is 15.2. The normalized spacial score (nSPS) is 37.0. The smallest absolute Gasteiger partial charge is 0.397 e. The van der Waals surface area contributed by atoms with E-state index in [1.165, 1.54) is 14.2 Å². The van der Waals surface area contributed by atoms with Gasteiger partial charge in [0.15, 0.2) is 25.0 Å². The van der Waals surface area contributed by atoms with Crippen LogP contribution in [0.3, 0.4) is 0 Å². The molecule has 0 aromatic carbocycles. The van der Waals surface area contributed by atoms with Crippen molar-refractivity contribution in [3.63, 3.8) is 0 Å². The minimum absolute atomic E-state index is 0.767. The molecule has 0 aromatic rings. The second-order valence-electron chi connectivity index (χ2n) is 11.9. The fourth-order valence-corrected chi connectivity index (χ4v) is 7.55. The van der Waals surface area contributed by atoms with Crippen LogP contribution in [-0.4, -0.2) is 220 Å². The van der Waals surface area contributed by atoms with Gasteiger partial charge in [-0.1, -0.05) is 0 Å². The van der Waals surface area contributed by atoms with Crippen molar-refractivity contribution in [3.05, 3.63) is 0 Å². The summed E-state index contributed by atoms with van der Waals surface area (Å²) in [5.74, 6) is -2.13. The Labute approximate surface area is 326 Å². The maximum Gasteiger partial charge on any atom is 0.397 e. The average Bonchev–Trinajstić information content (AvgIpc) is 3.04. The van der Waals surface area contributed by atoms with Gasteiger partial charge in [-0.05, 0) is 0 Å². The molecule has 0 spiro atoms. The van der Waals surface area contributed by atoms with Crippen LogP contribution >= 0.6 is 0 Å². The molecule has 0 bridgehead atoms. The van der Waals surface area contributed by atoms with Crippen molar-refractivity contribution < 1.29 is 137 Å². The molecule has 58 heavy (non-hydrogen) atoms. The van der Waals surface area contributed by atoms with Gasteiger partial charge in [-0.25, -0.2) is 13.2 Å². The van der Waals surface area contributed by atoms with Gasteiger partial charge in [0, 0.05) is 6.54 Å². The van der Waals surface area contributed by atoms with E-state index in [0.717, 1.165) is 0 Å². The summed E-state index contributed by atoms with van der Waals surface area (Å²) < 4.78 is 203. The van der Waals surface area contributed by atoms with Crippen molar-refractivity contribution in [1.82, 2.24) is 14.2 Å². The molecule has 3 aliphatic rings. The number of ether oxygens (including phenoxy) is 6. The largest absolute Gasteiger partial charge is 0.479 e. The van der Waals surface area contributed by atoms with Crippen molar-refractivity contribution >= 4 is 57.7 Å². The standard InChI is InChI=1S/C20H37N3O30S5/c24-9-5(3-47-57(40,41)42)49-19(7(10(9)25)22-55(34,35)36)52-15-12(27)13(28)20(53-16(15)17(29)30)51-14-6(4-48-58(43,44)45)50-18(46-2-1-21-54(31,32)33)8(11(14)26)23-56(37,38)39/h5-16,18-28H,1-4H2,(H,29,30)(H,31,32,33)(H,34,35,36)(H,37,38,39)(H,40,41,42)(H,43,44,45)/t5-,6-,7-,8-,9-,10-,11-,12-,13-,14-,15+,16+,18+,19-,20-/m1/s1. The summed E-state index contributed by atoms with van der Waals surface area (Å²) in [7, 11) is -26.2. The number of hydrogen-bond donors (Lipinski definition) is 14. The maximum absolute atomic E-state index is 12.4. The van der Waals surface area contributed by atoms with Gasteiger partial charge in [-0.3, -0.25) is 22.8 Å². The Balaban J connectivity index is 1.96. The molecule has 0 unspecified atom stereocenters. The molecule has 3 saturated heterocycles. The van der Waals surface area contributed by atoms with Gasteiger partial charge in [-0.15, -0.1) is 0 Å². The van der Waals surface area contributed by atoms with Gasteiger partial charge >= 0.3 is 57.7 Å². The molecule has 0 amide bonds. The number of hydrogen-bond acceptors (Lipinski definition) is 24. The first kappa shape index (κ1) is 50.7. The number of nitrogens with one attached hydrogen (secondary N) is 3. The number of aliphatic carboxylic acids is 1. The molecule has 0 radical (unpaired) electrons. The van der Waals surface area contributed by atoms with Gasteiger partial charge in [0.25, 0.3) is 0 Å². The zero-order valence-corrected chi connectivity index (χ0v) is 32.3. The SMILES string of the molecule is O=C(O)[C@H]1O[C@@H](O[C@H]2[C@H](O)[C@@H](NS(=O)(=O)O)[C@@H](OCCNS(=O)(=O)O)O[C@@H]2COS(=O)(=O)O)[C@H](O)[C@@H](O)[C@@H]1O[C@H]1O[C@H](COS(=O)(=O)O)[C@@H](O)[C@H](O)[C@H]1NS(=O)(=O)O. The summed E-state index contributed by atoms with van der Waals surface area (Å²) in [5.41, 5.74) is 0. The van der Waals surface area contributed by atoms with E-state index in [4.69, 9.17) is 42.1 Å². The summed E-state index contributed by atoms with van der Waals surface area (Å²) in [6.07, 6.45) is -31.5. The average molecular weight is 960 g/mol. The van der Waals surface area contributed by atoms with Crippen molar-refractivity contribution in [2.24, 2.45) is 0 Å². The lowest BCUT2D eigenvalue weighted by Crippen LogP contribution is -2.69.